The van der Waals surface area contributed by atoms with Crippen LogP contribution in [0.25, 0.3) is 0 Å². The van der Waals surface area contributed by atoms with Crippen molar-refractivity contribution in [3.63, 3.8) is 0 Å². The minimum absolute atomic E-state index is 0.395. The van der Waals surface area contributed by atoms with Crippen molar-refractivity contribution in [2.45, 2.75) is 44.5 Å². The molecule has 0 bridgehead atoms. The van der Waals surface area contributed by atoms with Crippen molar-refractivity contribution in [3.8, 4) is 0 Å². The normalized spacial score (nSPS) is 25.9. The lowest BCUT2D eigenvalue weighted by molar-refractivity contribution is 0.128. The summed E-state index contributed by atoms with van der Waals surface area (Å²) in [5.74, 6) is 1.17. The van der Waals surface area contributed by atoms with Crippen molar-refractivity contribution < 1.29 is 4.74 Å². The molecule has 0 N–H and O–H groups in total. The Morgan fingerprint density at radius 1 is 1.45 bits per heavy atom. The molecule has 1 aliphatic heterocycles. The molecule has 1 heterocycles. The summed E-state index contributed by atoms with van der Waals surface area (Å²) in [7, 11) is 0. The lowest BCUT2D eigenvalue weighted by Gasteiger charge is -2.19. The van der Waals surface area contributed by atoms with E-state index in [9.17, 15) is 0 Å². The van der Waals surface area contributed by atoms with Gasteiger partial charge in [-0.15, -0.1) is 0 Å². The van der Waals surface area contributed by atoms with Crippen LogP contribution in [0.3, 0.4) is 0 Å². The van der Waals surface area contributed by atoms with E-state index in [-0.39, 0.29) is 0 Å². The van der Waals surface area contributed by atoms with Crippen LogP contribution in [0, 0.1) is 0 Å². The third-order valence-electron chi connectivity index (χ3n) is 1.73. The van der Waals surface area contributed by atoms with E-state index in [0.717, 1.165) is 6.61 Å². The third kappa shape index (κ3) is 4.02. The Morgan fingerprint density at radius 2 is 2.18 bits per heavy atom. The summed E-state index contributed by atoms with van der Waals surface area (Å²) in [5.41, 5.74) is 0. The summed E-state index contributed by atoms with van der Waals surface area (Å²) in [4.78, 5) is 0. The first-order valence-electron chi connectivity index (χ1n) is 4.33. The molecule has 0 spiro atoms. The first kappa shape index (κ1) is 9.40. The van der Waals surface area contributed by atoms with Gasteiger partial charge in [-0.3, -0.25) is 0 Å². The molecular formula is C9H18OS. The van der Waals surface area contributed by atoms with Crippen LogP contribution in [0.5, 0.6) is 0 Å². The fourth-order valence-corrected chi connectivity index (χ4v) is 2.07. The van der Waals surface area contributed by atoms with Crippen LogP contribution < -0.4 is 0 Å². The zero-order valence-electron chi connectivity index (χ0n) is 7.72. The lowest BCUT2D eigenvalue weighted by atomic mass is 10.2. The Balaban J connectivity index is 2.11. The Labute approximate surface area is 73.9 Å². The Bertz CT molecular complexity index is 111. The molecule has 0 amide bonds. The smallest absolute Gasteiger partial charge is 0.0666 e. The maximum absolute atomic E-state index is 5.53. The molecule has 0 aromatic heterocycles. The van der Waals surface area contributed by atoms with Gasteiger partial charge < -0.3 is 4.74 Å². The average Bonchev–Trinajstić information content (AvgIpc) is 2.32. The van der Waals surface area contributed by atoms with Crippen LogP contribution in [-0.2, 0) is 4.74 Å². The zero-order valence-corrected chi connectivity index (χ0v) is 8.54. The summed E-state index contributed by atoms with van der Waals surface area (Å²) < 4.78 is 5.92. The van der Waals surface area contributed by atoms with E-state index in [1.54, 1.807) is 0 Å². The van der Waals surface area contributed by atoms with Gasteiger partial charge in [-0.1, -0.05) is 20.8 Å². The van der Waals surface area contributed by atoms with E-state index in [1.165, 1.54) is 18.6 Å². The van der Waals surface area contributed by atoms with Gasteiger partial charge in [0.25, 0.3) is 0 Å². The second-order valence-electron chi connectivity index (χ2n) is 4.06. The molecule has 1 nitrogen and oxygen atoms in total. The summed E-state index contributed by atoms with van der Waals surface area (Å²) in [5, 5.41) is 0. The molecule has 2 heteroatoms. The topological polar surface area (TPSA) is 9.23 Å². The van der Waals surface area contributed by atoms with Gasteiger partial charge >= 0.3 is 0 Å². The monoisotopic (exact) mass is 174 g/mol. The summed E-state index contributed by atoms with van der Waals surface area (Å²) in [6, 6.07) is 0. The highest BCUT2D eigenvalue weighted by Gasteiger charge is 2.19. The second-order valence-corrected chi connectivity index (χ2v) is 5.91. The second kappa shape index (κ2) is 3.81. The minimum Gasteiger partial charge on any atom is -0.377 e. The van der Waals surface area contributed by atoms with E-state index >= 15 is 0 Å². The molecule has 1 atom stereocenters. The fourth-order valence-electron chi connectivity index (χ4n) is 1.12. The molecule has 1 aliphatic rings. The Morgan fingerprint density at radius 3 is 2.64 bits per heavy atom. The number of rotatable bonds is 2. The summed E-state index contributed by atoms with van der Waals surface area (Å²) in [6.45, 7) is 7.75. The number of hydrogen-bond donors (Lipinski definition) is 0. The van der Waals surface area contributed by atoms with Gasteiger partial charge in [0, 0.05) is 17.1 Å². The van der Waals surface area contributed by atoms with Crippen LogP contribution in [0.15, 0.2) is 0 Å². The van der Waals surface area contributed by atoms with Gasteiger partial charge in [0.2, 0.25) is 0 Å². The Kier molecular flexibility index (Phi) is 3.26. The molecule has 0 aromatic rings. The van der Waals surface area contributed by atoms with Crippen LogP contribution in [0.2, 0.25) is 0 Å². The van der Waals surface area contributed by atoms with Crippen molar-refractivity contribution in [2.24, 2.45) is 0 Å². The van der Waals surface area contributed by atoms with Gasteiger partial charge in [0.1, 0.15) is 0 Å². The molecule has 1 saturated heterocycles. The molecule has 1 rings (SSSR count). The van der Waals surface area contributed by atoms with Gasteiger partial charge in [-0.25, -0.2) is 0 Å². The van der Waals surface area contributed by atoms with E-state index in [1.807, 2.05) is 11.8 Å². The van der Waals surface area contributed by atoms with Crippen LogP contribution in [-0.4, -0.2) is 23.2 Å². The first-order valence-corrected chi connectivity index (χ1v) is 5.32. The highest BCUT2D eigenvalue weighted by molar-refractivity contribution is 8.00. The maximum Gasteiger partial charge on any atom is 0.0666 e. The third-order valence-corrected chi connectivity index (χ3v) is 3.13. The van der Waals surface area contributed by atoms with Gasteiger partial charge in [0.15, 0.2) is 0 Å². The van der Waals surface area contributed by atoms with E-state index in [2.05, 4.69) is 20.8 Å². The van der Waals surface area contributed by atoms with Crippen LogP contribution in [0.1, 0.15) is 33.6 Å². The molecule has 66 valence electrons. The lowest BCUT2D eigenvalue weighted by Crippen LogP contribution is -2.15. The molecule has 0 radical (unpaired) electrons. The average molecular weight is 174 g/mol. The van der Waals surface area contributed by atoms with Crippen molar-refractivity contribution >= 4 is 11.8 Å². The van der Waals surface area contributed by atoms with Crippen LogP contribution in [0.4, 0.5) is 0 Å². The highest BCUT2D eigenvalue weighted by atomic mass is 32.2. The van der Waals surface area contributed by atoms with Crippen molar-refractivity contribution in [2.75, 3.05) is 12.4 Å². The van der Waals surface area contributed by atoms with E-state index in [0.29, 0.717) is 10.9 Å². The molecule has 1 fully saturated rings. The minimum atomic E-state index is 0.395. The van der Waals surface area contributed by atoms with E-state index < -0.39 is 0 Å². The van der Waals surface area contributed by atoms with Gasteiger partial charge in [-0.05, 0) is 12.8 Å². The van der Waals surface area contributed by atoms with Crippen LogP contribution >= 0.6 is 11.8 Å². The number of hydrogen-bond acceptors (Lipinski definition) is 2. The predicted molar refractivity (Wildman–Crippen MR) is 51.2 cm³/mol. The van der Waals surface area contributed by atoms with Gasteiger partial charge in [0.05, 0.1) is 6.10 Å². The maximum atomic E-state index is 5.53. The number of thioether (sulfide) groups is 1. The van der Waals surface area contributed by atoms with Crippen molar-refractivity contribution in [1.82, 2.24) is 0 Å². The van der Waals surface area contributed by atoms with E-state index in [4.69, 9.17) is 4.74 Å². The summed E-state index contributed by atoms with van der Waals surface area (Å²) >= 11 is 2.01. The number of ether oxygens (including phenoxy) is 1. The zero-order chi connectivity index (χ0) is 8.32. The molecule has 0 unspecified atom stereocenters. The SMILES string of the molecule is CC(C)(C)SC[C@H]1CCCO1. The fraction of sp³-hybridized carbons (Fsp3) is 1.00. The largest absolute Gasteiger partial charge is 0.377 e. The quantitative estimate of drug-likeness (QED) is 0.636. The standard InChI is InChI=1S/C9H18OS/c1-9(2,3)11-7-8-5-4-6-10-8/h8H,4-7H2,1-3H3/t8-/m1/s1. The highest BCUT2D eigenvalue weighted by Crippen LogP contribution is 2.27. The summed E-state index contributed by atoms with van der Waals surface area (Å²) in [6.07, 6.45) is 3.07. The molecule has 11 heavy (non-hydrogen) atoms. The van der Waals surface area contributed by atoms with Crippen molar-refractivity contribution in [3.05, 3.63) is 0 Å². The predicted octanol–water partition coefficient (Wildman–Crippen LogP) is 2.70. The van der Waals surface area contributed by atoms with Gasteiger partial charge in [-0.2, -0.15) is 11.8 Å². The molecule has 0 aromatic carbocycles. The first-order chi connectivity index (χ1) is 5.08. The molecule has 0 saturated carbocycles. The Hall–Kier alpha value is 0.310. The van der Waals surface area contributed by atoms with Crippen molar-refractivity contribution in [1.29, 1.82) is 0 Å². The molecule has 0 aliphatic carbocycles. The molecular weight excluding hydrogens is 156 g/mol.